The summed E-state index contributed by atoms with van der Waals surface area (Å²) in [6.07, 6.45) is 3.70. The minimum absolute atomic E-state index is 0.0165. The first-order valence-electron chi connectivity index (χ1n) is 9.76. The molecule has 0 aliphatic carbocycles. The summed E-state index contributed by atoms with van der Waals surface area (Å²) in [6.45, 7) is 10.3. The molecule has 1 N–H and O–H groups in total. The van der Waals surface area contributed by atoms with Crippen molar-refractivity contribution in [1.82, 2.24) is 10.2 Å². The molecule has 6 heteroatoms. The van der Waals surface area contributed by atoms with Crippen LogP contribution in [0.5, 0.6) is 17.2 Å². The number of amides is 1. The van der Waals surface area contributed by atoms with Crippen LogP contribution in [0.2, 0.25) is 0 Å². The standard InChI is InChI=1S/C22H34N2O4/c1-22(2,3)17-7-10-24(11-8-17)12-9-23-20(25)15-16-13-18(26-4)21(28-6)19(14-16)27-5/h7,13-14H,8-12,15H2,1-6H3,(H,23,25). The Kier molecular flexibility index (Phi) is 7.75. The van der Waals surface area contributed by atoms with Crippen LogP contribution >= 0.6 is 0 Å². The van der Waals surface area contributed by atoms with Crippen molar-refractivity contribution >= 4 is 5.91 Å². The molecule has 0 aromatic heterocycles. The Morgan fingerprint density at radius 1 is 1.11 bits per heavy atom. The van der Waals surface area contributed by atoms with E-state index in [1.807, 2.05) is 12.1 Å². The fraction of sp³-hybridized carbons (Fsp3) is 0.591. The van der Waals surface area contributed by atoms with Crippen LogP contribution < -0.4 is 19.5 Å². The number of nitrogens with one attached hydrogen (secondary N) is 1. The van der Waals surface area contributed by atoms with Crippen LogP contribution in [-0.2, 0) is 11.2 Å². The van der Waals surface area contributed by atoms with E-state index in [0.29, 0.717) is 23.8 Å². The summed E-state index contributed by atoms with van der Waals surface area (Å²) in [5.41, 5.74) is 2.60. The van der Waals surface area contributed by atoms with Crippen molar-refractivity contribution < 1.29 is 19.0 Å². The molecular weight excluding hydrogens is 356 g/mol. The van der Waals surface area contributed by atoms with Gasteiger partial charge in [-0.25, -0.2) is 0 Å². The van der Waals surface area contributed by atoms with Gasteiger partial charge in [-0.15, -0.1) is 0 Å². The Labute approximate surface area is 168 Å². The van der Waals surface area contributed by atoms with Gasteiger partial charge in [-0.05, 0) is 29.5 Å². The number of methoxy groups -OCH3 is 3. The van der Waals surface area contributed by atoms with Crippen molar-refractivity contribution in [2.45, 2.75) is 33.6 Å². The zero-order valence-electron chi connectivity index (χ0n) is 18.1. The van der Waals surface area contributed by atoms with Gasteiger partial charge in [0.1, 0.15) is 0 Å². The van der Waals surface area contributed by atoms with Crippen LogP contribution in [0.25, 0.3) is 0 Å². The largest absolute Gasteiger partial charge is 0.493 e. The van der Waals surface area contributed by atoms with Crippen molar-refractivity contribution in [2.75, 3.05) is 47.5 Å². The molecule has 156 valence electrons. The molecule has 0 saturated heterocycles. The van der Waals surface area contributed by atoms with E-state index >= 15 is 0 Å². The molecule has 28 heavy (non-hydrogen) atoms. The second-order valence-electron chi connectivity index (χ2n) is 8.09. The van der Waals surface area contributed by atoms with E-state index in [4.69, 9.17) is 14.2 Å². The van der Waals surface area contributed by atoms with E-state index in [0.717, 1.165) is 31.6 Å². The molecule has 2 rings (SSSR count). The Morgan fingerprint density at radius 3 is 2.21 bits per heavy atom. The number of benzene rings is 1. The number of carbonyl (C=O) groups is 1. The molecule has 1 aliphatic rings. The second kappa shape index (κ2) is 9.82. The summed E-state index contributed by atoms with van der Waals surface area (Å²) >= 11 is 0. The summed E-state index contributed by atoms with van der Waals surface area (Å²) in [7, 11) is 4.70. The lowest BCUT2D eigenvalue weighted by molar-refractivity contribution is -0.120. The van der Waals surface area contributed by atoms with Crippen LogP contribution in [0.3, 0.4) is 0 Å². The molecule has 1 aromatic rings. The van der Waals surface area contributed by atoms with Crippen LogP contribution in [0.4, 0.5) is 0 Å². The summed E-state index contributed by atoms with van der Waals surface area (Å²) in [5, 5.41) is 3.01. The van der Waals surface area contributed by atoms with E-state index in [1.165, 1.54) is 5.57 Å². The average molecular weight is 391 g/mol. The van der Waals surface area contributed by atoms with E-state index in [2.05, 4.69) is 37.1 Å². The summed E-state index contributed by atoms with van der Waals surface area (Å²) in [5.74, 6) is 1.62. The first kappa shape index (κ1) is 22.1. The van der Waals surface area contributed by atoms with Crippen molar-refractivity contribution in [2.24, 2.45) is 5.41 Å². The van der Waals surface area contributed by atoms with E-state index < -0.39 is 0 Å². The van der Waals surface area contributed by atoms with Gasteiger partial charge in [0.2, 0.25) is 11.7 Å². The van der Waals surface area contributed by atoms with Crippen LogP contribution in [0, 0.1) is 5.41 Å². The molecule has 0 atom stereocenters. The SMILES string of the molecule is COc1cc(CC(=O)NCCN2CC=C(C(C)(C)C)CC2)cc(OC)c1OC. The zero-order valence-corrected chi connectivity index (χ0v) is 18.1. The highest BCUT2D eigenvalue weighted by molar-refractivity contribution is 5.79. The van der Waals surface area contributed by atoms with Crippen LogP contribution in [-0.4, -0.2) is 58.3 Å². The minimum atomic E-state index is -0.0165. The zero-order chi connectivity index (χ0) is 20.7. The van der Waals surface area contributed by atoms with Gasteiger partial charge in [-0.2, -0.15) is 0 Å². The first-order valence-corrected chi connectivity index (χ1v) is 9.76. The Morgan fingerprint density at radius 2 is 1.75 bits per heavy atom. The number of carbonyl (C=O) groups excluding carboxylic acids is 1. The van der Waals surface area contributed by atoms with Crippen molar-refractivity contribution in [3.63, 3.8) is 0 Å². The van der Waals surface area contributed by atoms with Gasteiger partial charge < -0.3 is 19.5 Å². The van der Waals surface area contributed by atoms with Gasteiger partial charge in [0.25, 0.3) is 0 Å². The predicted molar refractivity (Wildman–Crippen MR) is 111 cm³/mol. The molecule has 1 heterocycles. The van der Waals surface area contributed by atoms with Gasteiger partial charge in [-0.1, -0.05) is 32.4 Å². The highest BCUT2D eigenvalue weighted by Crippen LogP contribution is 2.38. The Hall–Kier alpha value is -2.21. The van der Waals surface area contributed by atoms with Gasteiger partial charge in [0, 0.05) is 26.2 Å². The minimum Gasteiger partial charge on any atom is -0.493 e. The number of hydrogen-bond acceptors (Lipinski definition) is 5. The maximum atomic E-state index is 12.3. The van der Waals surface area contributed by atoms with Crippen molar-refractivity contribution in [3.05, 3.63) is 29.3 Å². The van der Waals surface area contributed by atoms with E-state index in [1.54, 1.807) is 21.3 Å². The smallest absolute Gasteiger partial charge is 0.224 e. The van der Waals surface area contributed by atoms with Gasteiger partial charge in [0.15, 0.2) is 11.5 Å². The number of nitrogens with zero attached hydrogens (tertiary/aromatic N) is 1. The summed E-state index contributed by atoms with van der Waals surface area (Å²) < 4.78 is 16.0. The monoisotopic (exact) mass is 390 g/mol. The van der Waals surface area contributed by atoms with Gasteiger partial charge in [0.05, 0.1) is 27.8 Å². The summed E-state index contributed by atoms with van der Waals surface area (Å²) in [4.78, 5) is 14.7. The topological polar surface area (TPSA) is 60.0 Å². The summed E-state index contributed by atoms with van der Waals surface area (Å²) in [6, 6.07) is 3.62. The third kappa shape index (κ3) is 5.89. The maximum absolute atomic E-state index is 12.3. The second-order valence-corrected chi connectivity index (χ2v) is 8.09. The molecule has 0 bridgehead atoms. The quantitative estimate of drug-likeness (QED) is 0.692. The van der Waals surface area contributed by atoms with Gasteiger partial charge >= 0.3 is 0 Å². The molecule has 0 unspecified atom stereocenters. The fourth-order valence-corrected chi connectivity index (χ4v) is 3.43. The Bertz CT molecular complexity index is 682. The Balaban J connectivity index is 1.84. The van der Waals surface area contributed by atoms with E-state index in [9.17, 15) is 4.79 Å². The average Bonchev–Trinajstić information content (AvgIpc) is 2.66. The van der Waals surface area contributed by atoms with Crippen molar-refractivity contribution in [3.8, 4) is 17.2 Å². The van der Waals surface area contributed by atoms with E-state index in [-0.39, 0.29) is 17.7 Å². The third-order valence-electron chi connectivity index (χ3n) is 5.10. The van der Waals surface area contributed by atoms with Crippen LogP contribution in [0.1, 0.15) is 32.8 Å². The first-order chi connectivity index (χ1) is 13.3. The highest BCUT2D eigenvalue weighted by Gasteiger charge is 2.21. The highest BCUT2D eigenvalue weighted by atomic mass is 16.5. The molecule has 6 nitrogen and oxygen atoms in total. The van der Waals surface area contributed by atoms with Gasteiger partial charge in [-0.3, -0.25) is 9.69 Å². The number of ether oxygens (including phenoxy) is 3. The lowest BCUT2D eigenvalue weighted by Gasteiger charge is -2.32. The third-order valence-corrected chi connectivity index (χ3v) is 5.10. The molecule has 1 aromatic carbocycles. The lowest BCUT2D eigenvalue weighted by atomic mass is 9.83. The molecule has 1 aliphatic heterocycles. The van der Waals surface area contributed by atoms with Crippen LogP contribution in [0.15, 0.2) is 23.8 Å². The molecule has 1 amide bonds. The maximum Gasteiger partial charge on any atom is 0.224 e. The molecule has 0 spiro atoms. The normalized spacial score (nSPS) is 15.0. The number of hydrogen-bond donors (Lipinski definition) is 1. The predicted octanol–water partition coefficient (Wildman–Crippen LogP) is 3.05. The molecule has 0 saturated carbocycles. The molecule has 0 radical (unpaired) electrons. The molecular formula is C22H34N2O4. The van der Waals surface area contributed by atoms with Crippen molar-refractivity contribution in [1.29, 1.82) is 0 Å². The molecule has 0 fully saturated rings. The fourth-order valence-electron chi connectivity index (χ4n) is 3.43. The number of rotatable bonds is 8. The lowest BCUT2D eigenvalue weighted by Crippen LogP contribution is -2.38.